The van der Waals surface area contributed by atoms with Gasteiger partial charge in [-0.15, -0.1) is 0 Å². The van der Waals surface area contributed by atoms with E-state index in [4.69, 9.17) is 15.2 Å². The summed E-state index contributed by atoms with van der Waals surface area (Å²) in [4.78, 5) is 0. The molecule has 0 aliphatic rings. The Bertz CT molecular complexity index is 393. The third kappa shape index (κ3) is 3.80. The van der Waals surface area contributed by atoms with E-state index >= 15 is 0 Å². The Morgan fingerprint density at radius 3 is 2.44 bits per heavy atom. The summed E-state index contributed by atoms with van der Waals surface area (Å²) in [6.45, 7) is 1.71. The molecule has 0 spiro atoms. The Kier molecular flexibility index (Phi) is 4.84. The van der Waals surface area contributed by atoms with Gasteiger partial charge in [-0.3, -0.25) is 0 Å². The van der Waals surface area contributed by atoms with Gasteiger partial charge in [-0.25, -0.2) is 0 Å². The molecule has 1 atom stereocenters. The predicted molar refractivity (Wildman–Crippen MR) is 61.9 cm³/mol. The summed E-state index contributed by atoms with van der Waals surface area (Å²) in [6, 6.07) is 4.74. The number of alkyl halides is 3. The highest BCUT2D eigenvalue weighted by atomic mass is 19.4. The van der Waals surface area contributed by atoms with Crippen LogP contribution in [0.1, 0.15) is 12.0 Å². The number of aryl methyl sites for hydroxylation is 1. The summed E-state index contributed by atoms with van der Waals surface area (Å²) >= 11 is 0. The summed E-state index contributed by atoms with van der Waals surface area (Å²) in [5, 5.41) is 0. The van der Waals surface area contributed by atoms with Crippen LogP contribution in [0.25, 0.3) is 0 Å². The number of nitrogens with two attached hydrogens (primary N) is 1. The van der Waals surface area contributed by atoms with E-state index in [1.807, 2.05) is 6.92 Å². The minimum atomic E-state index is -4.45. The first-order chi connectivity index (χ1) is 8.38. The zero-order chi connectivity index (χ0) is 13.8. The van der Waals surface area contributed by atoms with Gasteiger partial charge >= 0.3 is 6.18 Å². The third-order valence-corrected chi connectivity index (χ3v) is 2.38. The number of ether oxygens (including phenoxy) is 2. The molecular weight excluding hydrogens is 247 g/mol. The van der Waals surface area contributed by atoms with Crippen LogP contribution in [0, 0.1) is 6.92 Å². The molecule has 0 radical (unpaired) electrons. The van der Waals surface area contributed by atoms with Crippen molar-refractivity contribution in [1.82, 2.24) is 0 Å². The maximum Gasteiger partial charge on any atom is 0.425 e. The Morgan fingerprint density at radius 2 is 1.94 bits per heavy atom. The molecular formula is C12H16F3NO2. The lowest BCUT2D eigenvalue weighted by Crippen LogP contribution is -2.36. The van der Waals surface area contributed by atoms with Gasteiger partial charge in [0.25, 0.3) is 0 Å². The van der Waals surface area contributed by atoms with Crippen molar-refractivity contribution in [1.29, 1.82) is 0 Å². The fraction of sp³-hybridized carbons (Fsp3) is 0.500. The second kappa shape index (κ2) is 5.95. The van der Waals surface area contributed by atoms with Crippen LogP contribution in [-0.4, -0.2) is 25.9 Å². The maximum atomic E-state index is 12.7. The Hall–Kier alpha value is -1.43. The number of hydrogen-bond acceptors (Lipinski definition) is 3. The van der Waals surface area contributed by atoms with Crippen molar-refractivity contribution in [2.75, 3.05) is 13.7 Å². The van der Waals surface area contributed by atoms with E-state index in [1.54, 1.807) is 12.1 Å². The van der Waals surface area contributed by atoms with Crippen LogP contribution in [0.3, 0.4) is 0 Å². The smallest absolute Gasteiger partial charge is 0.425 e. The molecule has 0 amide bonds. The topological polar surface area (TPSA) is 44.5 Å². The molecule has 1 aromatic rings. The Labute approximate surface area is 104 Å². The molecule has 102 valence electrons. The molecule has 0 aliphatic carbocycles. The molecule has 1 rings (SSSR count). The van der Waals surface area contributed by atoms with Gasteiger partial charge in [0, 0.05) is 6.42 Å². The van der Waals surface area contributed by atoms with E-state index in [0.29, 0.717) is 0 Å². The molecule has 6 heteroatoms. The predicted octanol–water partition coefficient (Wildman–Crippen LogP) is 2.66. The zero-order valence-electron chi connectivity index (χ0n) is 10.3. The second-order valence-electron chi connectivity index (χ2n) is 3.88. The van der Waals surface area contributed by atoms with Crippen LogP contribution in [0.4, 0.5) is 13.2 Å². The maximum absolute atomic E-state index is 12.7. The van der Waals surface area contributed by atoms with Gasteiger partial charge in [0.05, 0.1) is 7.11 Å². The first-order valence-electron chi connectivity index (χ1n) is 5.46. The van der Waals surface area contributed by atoms with Crippen molar-refractivity contribution in [2.45, 2.75) is 25.6 Å². The fourth-order valence-corrected chi connectivity index (χ4v) is 1.47. The van der Waals surface area contributed by atoms with E-state index in [2.05, 4.69) is 0 Å². The van der Waals surface area contributed by atoms with Crippen LogP contribution in [-0.2, 0) is 0 Å². The second-order valence-corrected chi connectivity index (χ2v) is 3.88. The van der Waals surface area contributed by atoms with Crippen molar-refractivity contribution < 1.29 is 22.6 Å². The molecule has 3 nitrogen and oxygen atoms in total. The van der Waals surface area contributed by atoms with Crippen LogP contribution in [0.5, 0.6) is 11.5 Å². The average molecular weight is 263 g/mol. The van der Waals surface area contributed by atoms with Crippen molar-refractivity contribution in [3.8, 4) is 11.5 Å². The van der Waals surface area contributed by atoms with Crippen LogP contribution >= 0.6 is 0 Å². The SMILES string of the molecule is COc1cc(C)ccc1OC(CCN)C(F)(F)F. The van der Waals surface area contributed by atoms with Gasteiger partial charge in [0.1, 0.15) is 0 Å². The zero-order valence-corrected chi connectivity index (χ0v) is 10.3. The molecule has 0 bridgehead atoms. The number of rotatable bonds is 5. The molecule has 18 heavy (non-hydrogen) atoms. The highest BCUT2D eigenvalue weighted by Gasteiger charge is 2.41. The van der Waals surface area contributed by atoms with Crippen molar-refractivity contribution >= 4 is 0 Å². The third-order valence-electron chi connectivity index (χ3n) is 2.38. The van der Waals surface area contributed by atoms with E-state index in [-0.39, 0.29) is 24.5 Å². The number of hydrogen-bond donors (Lipinski definition) is 1. The first kappa shape index (κ1) is 14.6. The molecule has 0 saturated carbocycles. The van der Waals surface area contributed by atoms with Gasteiger partial charge in [0.2, 0.25) is 0 Å². The van der Waals surface area contributed by atoms with Crippen LogP contribution in [0.15, 0.2) is 18.2 Å². The van der Waals surface area contributed by atoms with Crippen molar-refractivity contribution in [3.63, 3.8) is 0 Å². The molecule has 1 aromatic carbocycles. The van der Waals surface area contributed by atoms with Gasteiger partial charge in [-0.05, 0) is 31.2 Å². The van der Waals surface area contributed by atoms with Crippen LogP contribution in [0.2, 0.25) is 0 Å². The molecule has 2 N–H and O–H groups in total. The van der Waals surface area contributed by atoms with E-state index in [1.165, 1.54) is 13.2 Å². The molecule has 0 fully saturated rings. The first-order valence-corrected chi connectivity index (χ1v) is 5.46. The highest BCUT2D eigenvalue weighted by molar-refractivity contribution is 5.42. The summed E-state index contributed by atoms with van der Waals surface area (Å²) < 4.78 is 48.0. The number of halogens is 3. The number of methoxy groups -OCH3 is 1. The molecule has 0 aromatic heterocycles. The molecule has 0 saturated heterocycles. The lowest BCUT2D eigenvalue weighted by Gasteiger charge is -2.22. The van der Waals surface area contributed by atoms with E-state index in [0.717, 1.165) is 5.56 Å². The molecule has 0 aliphatic heterocycles. The van der Waals surface area contributed by atoms with E-state index < -0.39 is 12.3 Å². The fourth-order valence-electron chi connectivity index (χ4n) is 1.47. The van der Waals surface area contributed by atoms with Crippen molar-refractivity contribution in [3.05, 3.63) is 23.8 Å². The lowest BCUT2D eigenvalue weighted by atomic mass is 10.2. The molecule has 1 unspecified atom stereocenters. The average Bonchev–Trinajstić information content (AvgIpc) is 2.29. The van der Waals surface area contributed by atoms with Crippen LogP contribution < -0.4 is 15.2 Å². The number of benzene rings is 1. The largest absolute Gasteiger partial charge is 0.493 e. The Morgan fingerprint density at radius 1 is 1.28 bits per heavy atom. The van der Waals surface area contributed by atoms with Crippen molar-refractivity contribution in [2.24, 2.45) is 5.73 Å². The van der Waals surface area contributed by atoms with Gasteiger partial charge < -0.3 is 15.2 Å². The Balaban J connectivity index is 2.93. The summed E-state index contributed by atoms with van der Waals surface area (Å²) in [5.41, 5.74) is 6.04. The summed E-state index contributed by atoms with van der Waals surface area (Å²) in [7, 11) is 1.38. The standard InChI is InChI=1S/C12H16F3NO2/c1-8-3-4-9(10(7-8)17-2)18-11(5-6-16)12(13,14)15/h3-4,7,11H,5-6,16H2,1-2H3. The minimum Gasteiger partial charge on any atom is -0.493 e. The van der Waals surface area contributed by atoms with Gasteiger partial charge in [-0.1, -0.05) is 6.07 Å². The van der Waals surface area contributed by atoms with E-state index in [9.17, 15) is 13.2 Å². The monoisotopic (exact) mass is 263 g/mol. The van der Waals surface area contributed by atoms with Gasteiger partial charge in [0.15, 0.2) is 17.6 Å². The summed E-state index contributed by atoms with van der Waals surface area (Å²) in [6.07, 6.45) is -6.66. The highest BCUT2D eigenvalue weighted by Crippen LogP contribution is 2.33. The van der Waals surface area contributed by atoms with Gasteiger partial charge in [-0.2, -0.15) is 13.2 Å². The normalized spacial score (nSPS) is 13.2. The summed E-state index contributed by atoms with van der Waals surface area (Å²) in [5.74, 6) is 0.347. The lowest BCUT2D eigenvalue weighted by molar-refractivity contribution is -0.196. The minimum absolute atomic E-state index is 0.0684. The molecule has 0 heterocycles. The quantitative estimate of drug-likeness (QED) is 0.888.